The number of nitrogens with zero attached hydrogens (tertiary/aromatic N) is 2. The highest BCUT2D eigenvalue weighted by Gasteiger charge is 2.12. The van der Waals surface area contributed by atoms with Crippen LogP contribution in [0.25, 0.3) is 11.5 Å². The third kappa shape index (κ3) is 3.57. The minimum absolute atomic E-state index is 0.0451. The number of nitrogens with one attached hydrogen (secondary N) is 1. The number of methoxy groups -OCH3 is 1. The number of halogens is 1. The lowest BCUT2D eigenvalue weighted by molar-refractivity contribution is 0.102. The first-order chi connectivity index (χ1) is 11.2. The van der Waals surface area contributed by atoms with Crippen LogP contribution < -0.4 is 10.1 Å². The predicted octanol–water partition coefficient (Wildman–Crippen LogP) is 3.76. The molecule has 23 heavy (non-hydrogen) atoms. The van der Waals surface area contributed by atoms with Gasteiger partial charge in [0.25, 0.3) is 5.91 Å². The number of hydrogen-bond acceptors (Lipinski definition) is 5. The second-order valence-electron chi connectivity index (χ2n) is 4.60. The minimum atomic E-state index is -0.335. The van der Waals surface area contributed by atoms with Gasteiger partial charge in [-0.3, -0.25) is 10.1 Å². The summed E-state index contributed by atoms with van der Waals surface area (Å²) in [5, 5.41) is 10.3. The number of aromatic nitrogens is 2. The zero-order chi connectivity index (χ0) is 16.2. The van der Waals surface area contributed by atoms with Crippen molar-refractivity contribution in [2.24, 2.45) is 0 Å². The van der Waals surface area contributed by atoms with E-state index in [9.17, 15) is 4.79 Å². The number of anilines is 1. The Balaban J connectivity index is 1.73. The van der Waals surface area contributed by atoms with Gasteiger partial charge in [0.1, 0.15) is 5.75 Å². The van der Waals surface area contributed by atoms with Crippen LogP contribution >= 0.6 is 15.9 Å². The van der Waals surface area contributed by atoms with Crippen LogP contribution in [-0.2, 0) is 0 Å². The van der Waals surface area contributed by atoms with Gasteiger partial charge in [-0.25, -0.2) is 0 Å². The number of rotatable bonds is 4. The Bertz CT molecular complexity index is 813. The quantitative estimate of drug-likeness (QED) is 0.753. The summed E-state index contributed by atoms with van der Waals surface area (Å²) < 4.78 is 11.5. The third-order valence-corrected chi connectivity index (χ3v) is 3.62. The molecule has 0 spiro atoms. The molecule has 0 saturated carbocycles. The Morgan fingerprint density at radius 1 is 1.09 bits per heavy atom. The molecular weight excluding hydrogens is 362 g/mol. The first-order valence-corrected chi connectivity index (χ1v) is 7.50. The van der Waals surface area contributed by atoms with Crippen molar-refractivity contribution in [2.75, 3.05) is 12.4 Å². The fourth-order valence-electron chi connectivity index (χ4n) is 1.89. The van der Waals surface area contributed by atoms with Gasteiger partial charge in [-0.2, -0.15) is 0 Å². The summed E-state index contributed by atoms with van der Waals surface area (Å²) in [7, 11) is 1.57. The van der Waals surface area contributed by atoms with Crippen molar-refractivity contribution in [2.45, 2.75) is 0 Å². The fourth-order valence-corrected chi connectivity index (χ4v) is 2.16. The SMILES string of the molecule is COc1ccc(C(=O)Nc2nnc(-c3ccc(Br)cc3)o2)cc1. The average molecular weight is 374 g/mol. The van der Waals surface area contributed by atoms with Crippen molar-refractivity contribution in [1.29, 1.82) is 0 Å². The van der Waals surface area contributed by atoms with Crippen LogP contribution in [0.1, 0.15) is 10.4 Å². The molecule has 1 N–H and O–H groups in total. The van der Waals surface area contributed by atoms with Gasteiger partial charge < -0.3 is 9.15 Å². The Labute approximate surface area is 140 Å². The number of benzene rings is 2. The maximum atomic E-state index is 12.1. The lowest BCUT2D eigenvalue weighted by Gasteiger charge is -2.02. The molecule has 0 unspecified atom stereocenters. The number of carbonyl (C=O) groups is 1. The number of hydrogen-bond donors (Lipinski definition) is 1. The van der Waals surface area contributed by atoms with Gasteiger partial charge in [0.05, 0.1) is 7.11 Å². The average Bonchev–Trinajstić information content (AvgIpc) is 3.04. The predicted molar refractivity (Wildman–Crippen MR) is 88.4 cm³/mol. The van der Waals surface area contributed by atoms with Crippen LogP contribution in [0.15, 0.2) is 57.4 Å². The molecule has 0 bridgehead atoms. The number of amides is 1. The van der Waals surface area contributed by atoms with Gasteiger partial charge in [0.15, 0.2) is 0 Å². The van der Waals surface area contributed by atoms with E-state index in [0.717, 1.165) is 10.0 Å². The van der Waals surface area contributed by atoms with Crippen molar-refractivity contribution < 1.29 is 13.9 Å². The highest BCUT2D eigenvalue weighted by atomic mass is 79.9. The summed E-state index contributed by atoms with van der Waals surface area (Å²) in [6, 6.07) is 14.2. The zero-order valence-corrected chi connectivity index (χ0v) is 13.7. The van der Waals surface area contributed by atoms with E-state index in [4.69, 9.17) is 9.15 Å². The van der Waals surface area contributed by atoms with E-state index in [1.807, 2.05) is 24.3 Å². The van der Waals surface area contributed by atoms with Gasteiger partial charge in [0.2, 0.25) is 5.89 Å². The third-order valence-electron chi connectivity index (χ3n) is 3.09. The van der Waals surface area contributed by atoms with E-state index >= 15 is 0 Å². The highest BCUT2D eigenvalue weighted by molar-refractivity contribution is 9.10. The molecule has 0 saturated heterocycles. The van der Waals surface area contributed by atoms with E-state index < -0.39 is 0 Å². The lowest BCUT2D eigenvalue weighted by atomic mass is 10.2. The summed E-state index contributed by atoms with van der Waals surface area (Å²) >= 11 is 3.36. The van der Waals surface area contributed by atoms with Gasteiger partial charge in [-0.1, -0.05) is 21.0 Å². The second-order valence-corrected chi connectivity index (χ2v) is 5.52. The molecule has 0 aliphatic heterocycles. The lowest BCUT2D eigenvalue weighted by Crippen LogP contribution is -2.11. The van der Waals surface area contributed by atoms with E-state index in [1.54, 1.807) is 31.4 Å². The molecule has 3 rings (SSSR count). The molecule has 0 fully saturated rings. The first-order valence-electron chi connectivity index (χ1n) is 6.70. The molecule has 2 aromatic carbocycles. The number of ether oxygens (including phenoxy) is 1. The normalized spacial score (nSPS) is 10.3. The van der Waals surface area contributed by atoms with Gasteiger partial charge in [-0.15, -0.1) is 5.10 Å². The van der Waals surface area contributed by atoms with Crippen molar-refractivity contribution in [3.05, 3.63) is 58.6 Å². The molecule has 0 aliphatic rings. The van der Waals surface area contributed by atoms with Crippen LogP contribution in [0.5, 0.6) is 5.75 Å². The molecular formula is C16H12BrN3O3. The summed E-state index contributed by atoms with van der Waals surface area (Å²) in [6.07, 6.45) is 0. The smallest absolute Gasteiger partial charge is 0.322 e. The van der Waals surface area contributed by atoms with Crippen LogP contribution in [-0.4, -0.2) is 23.2 Å². The van der Waals surface area contributed by atoms with Crippen LogP contribution in [0, 0.1) is 0 Å². The highest BCUT2D eigenvalue weighted by Crippen LogP contribution is 2.22. The van der Waals surface area contributed by atoms with E-state index in [-0.39, 0.29) is 11.9 Å². The topological polar surface area (TPSA) is 77.2 Å². The van der Waals surface area contributed by atoms with Crippen LogP contribution in [0.3, 0.4) is 0 Å². The molecule has 116 valence electrons. The maximum absolute atomic E-state index is 12.1. The Morgan fingerprint density at radius 2 is 1.78 bits per heavy atom. The Morgan fingerprint density at radius 3 is 2.43 bits per heavy atom. The van der Waals surface area contributed by atoms with Crippen molar-refractivity contribution in [1.82, 2.24) is 10.2 Å². The molecule has 0 aliphatic carbocycles. The molecule has 1 heterocycles. The van der Waals surface area contributed by atoms with E-state index in [2.05, 4.69) is 31.4 Å². The largest absolute Gasteiger partial charge is 0.497 e. The second kappa shape index (κ2) is 6.62. The van der Waals surface area contributed by atoms with Crippen LogP contribution in [0.4, 0.5) is 6.01 Å². The molecule has 0 radical (unpaired) electrons. The summed E-state index contributed by atoms with van der Waals surface area (Å²) in [4.78, 5) is 12.1. The van der Waals surface area contributed by atoms with Crippen molar-refractivity contribution >= 4 is 27.9 Å². The molecule has 3 aromatic rings. The monoisotopic (exact) mass is 373 g/mol. The summed E-state index contributed by atoms with van der Waals surface area (Å²) in [5.41, 5.74) is 1.24. The van der Waals surface area contributed by atoms with Gasteiger partial charge in [0, 0.05) is 15.6 Å². The van der Waals surface area contributed by atoms with Crippen molar-refractivity contribution in [3.8, 4) is 17.2 Å². The summed E-state index contributed by atoms with van der Waals surface area (Å²) in [5.74, 6) is 0.679. The summed E-state index contributed by atoms with van der Waals surface area (Å²) in [6.45, 7) is 0. The molecule has 7 heteroatoms. The zero-order valence-electron chi connectivity index (χ0n) is 12.1. The molecule has 1 aromatic heterocycles. The molecule has 6 nitrogen and oxygen atoms in total. The minimum Gasteiger partial charge on any atom is -0.497 e. The van der Waals surface area contributed by atoms with E-state index in [0.29, 0.717) is 17.2 Å². The number of carbonyl (C=O) groups excluding carboxylic acids is 1. The van der Waals surface area contributed by atoms with E-state index in [1.165, 1.54) is 0 Å². The molecule has 0 atom stereocenters. The Hall–Kier alpha value is -2.67. The van der Waals surface area contributed by atoms with Crippen molar-refractivity contribution in [3.63, 3.8) is 0 Å². The molecule has 1 amide bonds. The van der Waals surface area contributed by atoms with Gasteiger partial charge in [-0.05, 0) is 48.5 Å². The Kier molecular flexibility index (Phi) is 4.38. The fraction of sp³-hybridized carbons (Fsp3) is 0.0625. The first kappa shape index (κ1) is 15.2. The maximum Gasteiger partial charge on any atom is 0.322 e. The standard InChI is InChI=1S/C16H12BrN3O3/c1-22-13-8-4-10(5-9-13)14(21)18-16-20-19-15(23-16)11-2-6-12(17)7-3-11/h2-9H,1H3,(H,18,20,21). The van der Waals surface area contributed by atoms with Gasteiger partial charge >= 0.3 is 6.01 Å². The van der Waals surface area contributed by atoms with Crippen LogP contribution in [0.2, 0.25) is 0 Å².